The summed E-state index contributed by atoms with van der Waals surface area (Å²) >= 11 is 0. The van der Waals surface area contributed by atoms with Gasteiger partial charge in [0.05, 0.1) is 23.9 Å². The van der Waals surface area contributed by atoms with Gasteiger partial charge in [-0.05, 0) is 23.3 Å². The number of hydrogen-bond donors (Lipinski definition) is 0. The van der Waals surface area contributed by atoms with E-state index in [1.165, 1.54) is 0 Å². The van der Waals surface area contributed by atoms with Gasteiger partial charge in [-0.2, -0.15) is 0 Å². The molecule has 0 unspecified atom stereocenters. The zero-order valence-electron chi connectivity index (χ0n) is 11.6. The van der Waals surface area contributed by atoms with Crippen LogP contribution in [0.2, 0.25) is 0 Å². The molecule has 0 fully saturated rings. The van der Waals surface area contributed by atoms with Crippen molar-refractivity contribution in [2.75, 3.05) is 0 Å². The Hall–Kier alpha value is -3.14. The Labute approximate surface area is 127 Å². The highest BCUT2D eigenvalue weighted by Gasteiger charge is 2.18. The minimum Gasteiger partial charge on any atom is -0.232 e. The maximum absolute atomic E-state index is 4.56. The van der Waals surface area contributed by atoms with Crippen molar-refractivity contribution in [1.29, 1.82) is 0 Å². The molecule has 2 aromatic rings. The Morgan fingerprint density at radius 3 is 1.50 bits per heavy atom. The molecule has 0 amide bonds. The van der Waals surface area contributed by atoms with Crippen LogP contribution in [-0.4, -0.2) is 23.9 Å². The Kier molecular flexibility index (Phi) is 2.19. The normalized spacial score (nSPS) is 17.1. The number of rotatable bonds is 0. The van der Waals surface area contributed by atoms with Crippen LogP contribution in [0.5, 0.6) is 0 Å². The summed E-state index contributed by atoms with van der Waals surface area (Å²) in [6.45, 7) is 0. The topological polar surface area (TPSA) is 49.4 Å². The molecule has 5 rings (SSSR count). The van der Waals surface area contributed by atoms with E-state index in [-0.39, 0.29) is 0 Å². The largest absolute Gasteiger partial charge is 0.232 e. The van der Waals surface area contributed by atoms with Crippen LogP contribution >= 0.6 is 0 Å². The van der Waals surface area contributed by atoms with E-state index in [1.54, 1.807) is 12.4 Å². The highest BCUT2D eigenvalue weighted by atomic mass is 15.1. The van der Waals surface area contributed by atoms with Gasteiger partial charge in [-0.1, -0.05) is 36.4 Å². The van der Waals surface area contributed by atoms with Gasteiger partial charge >= 0.3 is 0 Å². The fourth-order valence-electron chi connectivity index (χ4n) is 2.80. The Balaban J connectivity index is 1.87. The van der Waals surface area contributed by atoms with Crippen LogP contribution in [0.4, 0.5) is 0 Å². The first-order chi connectivity index (χ1) is 10.9. The quantitative estimate of drug-likeness (QED) is 0.712. The van der Waals surface area contributed by atoms with Gasteiger partial charge in [-0.15, -0.1) is 0 Å². The third-order valence-corrected chi connectivity index (χ3v) is 3.92. The smallest absolute Gasteiger partial charge is 0.198 e. The molecule has 3 heterocycles. The summed E-state index contributed by atoms with van der Waals surface area (Å²) < 4.78 is 0. The average Bonchev–Trinajstić information content (AvgIpc) is 3.24. The molecule has 4 nitrogen and oxygen atoms in total. The molecule has 22 heavy (non-hydrogen) atoms. The molecule has 4 heteroatoms. The van der Waals surface area contributed by atoms with Crippen molar-refractivity contribution in [3.63, 3.8) is 0 Å². The lowest BCUT2D eigenvalue weighted by Gasteiger charge is -2.07. The summed E-state index contributed by atoms with van der Waals surface area (Å²) in [6, 6.07) is 16.7. The molecular formula is C18H10N4. The van der Waals surface area contributed by atoms with Crippen LogP contribution in [0.25, 0.3) is 11.1 Å². The molecule has 102 valence electrons. The minimum absolute atomic E-state index is 0.573. The third kappa shape index (κ3) is 1.64. The van der Waals surface area contributed by atoms with E-state index < -0.39 is 0 Å². The highest BCUT2D eigenvalue weighted by molar-refractivity contribution is 6.41. The highest BCUT2D eigenvalue weighted by Crippen LogP contribution is 2.27. The fraction of sp³-hybridized carbons (Fsp3) is 0. The predicted octanol–water partition coefficient (Wildman–Crippen LogP) is 3.24. The Bertz CT molecular complexity index is 895. The summed E-state index contributed by atoms with van der Waals surface area (Å²) in [5.74, 6) is 1.15. The summed E-state index contributed by atoms with van der Waals surface area (Å²) in [7, 11) is 0. The van der Waals surface area contributed by atoms with Crippen LogP contribution in [0.15, 0.2) is 80.1 Å². The monoisotopic (exact) mass is 282 g/mol. The van der Waals surface area contributed by atoms with Gasteiger partial charge in [0.25, 0.3) is 0 Å². The van der Waals surface area contributed by atoms with Gasteiger partial charge < -0.3 is 0 Å². The van der Waals surface area contributed by atoms with Crippen LogP contribution in [0.1, 0.15) is 11.1 Å². The molecule has 0 aliphatic carbocycles. The maximum Gasteiger partial charge on any atom is 0.198 e. The molecule has 2 aromatic carbocycles. The van der Waals surface area contributed by atoms with Crippen molar-refractivity contribution in [2.45, 2.75) is 0 Å². The maximum atomic E-state index is 4.56. The Morgan fingerprint density at radius 1 is 0.545 bits per heavy atom. The predicted molar refractivity (Wildman–Crippen MR) is 89.0 cm³/mol. The summed E-state index contributed by atoms with van der Waals surface area (Å²) in [5.41, 5.74) is 6.11. The first kappa shape index (κ1) is 11.5. The number of fused-ring (bicyclic) bond motifs is 9. The Morgan fingerprint density at radius 2 is 1.00 bits per heavy atom. The number of nitrogens with zero attached hydrogens (tertiary/aromatic N) is 4. The second-order valence-electron chi connectivity index (χ2n) is 5.32. The molecule has 0 N–H and O–H groups in total. The second kappa shape index (κ2) is 4.18. The zero-order valence-corrected chi connectivity index (χ0v) is 11.6. The SMILES string of the molecule is C1=NC2=C3N=CC(=N3)c3cccc(c3)-c3cccc(c3)C1=N2. The van der Waals surface area contributed by atoms with Gasteiger partial charge in [-0.3, -0.25) is 0 Å². The van der Waals surface area contributed by atoms with Crippen LogP contribution in [0.3, 0.4) is 0 Å². The van der Waals surface area contributed by atoms with E-state index in [0.29, 0.717) is 11.6 Å². The van der Waals surface area contributed by atoms with Gasteiger partial charge in [0.2, 0.25) is 0 Å². The minimum atomic E-state index is 0.573. The van der Waals surface area contributed by atoms with E-state index >= 15 is 0 Å². The van der Waals surface area contributed by atoms with Crippen molar-refractivity contribution in [1.82, 2.24) is 0 Å². The summed E-state index contributed by atoms with van der Waals surface area (Å²) in [4.78, 5) is 17.8. The standard InChI is InChI=1S/C18H10N4/c1-3-11-7-13(5-1)15-9-19-17(21-15)18-20-10-16(22-18)14-6-2-4-12(11)8-14/h1-10H. The van der Waals surface area contributed by atoms with E-state index in [0.717, 1.165) is 33.7 Å². The molecule has 0 saturated carbocycles. The van der Waals surface area contributed by atoms with E-state index in [4.69, 9.17) is 0 Å². The van der Waals surface area contributed by atoms with Gasteiger partial charge in [0, 0.05) is 11.1 Å². The lowest BCUT2D eigenvalue weighted by atomic mass is 9.98. The molecule has 0 aromatic heterocycles. The van der Waals surface area contributed by atoms with Crippen molar-refractivity contribution >= 4 is 23.9 Å². The molecule has 0 spiro atoms. The first-order valence-corrected chi connectivity index (χ1v) is 7.08. The molecule has 0 saturated heterocycles. The average molecular weight is 282 g/mol. The van der Waals surface area contributed by atoms with E-state index in [9.17, 15) is 0 Å². The second-order valence-corrected chi connectivity index (χ2v) is 5.32. The van der Waals surface area contributed by atoms with E-state index in [2.05, 4.69) is 44.2 Å². The van der Waals surface area contributed by atoms with Crippen LogP contribution in [-0.2, 0) is 0 Å². The molecule has 8 bridgehead atoms. The van der Waals surface area contributed by atoms with Crippen molar-refractivity contribution in [3.8, 4) is 11.1 Å². The molecular weight excluding hydrogens is 272 g/mol. The third-order valence-electron chi connectivity index (χ3n) is 3.92. The molecule has 3 aliphatic heterocycles. The van der Waals surface area contributed by atoms with Gasteiger partial charge in [0.1, 0.15) is 0 Å². The van der Waals surface area contributed by atoms with Gasteiger partial charge in [-0.25, -0.2) is 20.0 Å². The molecule has 3 aliphatic rings. The summed E-state index contributed by atoms with van der Waals surface area (Å²) in [6.07, 6.45) is 3.55. The summed E-state index contributed by atoms with van der Waals surface area (Å²) in [5, 5.41) is 0. The zero-order chi connectivity index (χ0) is 14.5. The number of benzene rings is 2. The first-order valence-electron chi connectivity index (χ1n) is 7.08. The lowest BCUT2D eigenvalue weighted by Crippen LogP contribution is -2.00. The van der Waals surface area contributed by atoms with Crippen LogP contribution in [0, 0.1) is 0 Å². The molecule has 0 atom stereocenters. The van der Waals surface area contributed by atoms with Crippen LogP contribution < -0.4 is 0 Å². The number of hydrogen-bond acceptors (Lipinski definition) is 4. The lowest BCUT2D eigenvalue weighted by molar-refractivity contribution is 1.13. The van der Waals surface area contributed by atoms with Crippen molar-refractivity contribution in [2.24, 2.45) is 20.0 Å². The van der Waals surface area contributed by atoms with Gasteiger partial charge in [0.15, 0.2) is 11.6 Å². The van der Waals surface area contributed by atoms with Crippen molar-refractivity contribution < 1.29 is 0 Å². The fourth-order valence-corrected chi connectivity index (χ4v) is 2.80. The van der Waals surface area contributed by atoms with Crippen molar-refractivity contribution in [3.05, 3.63) is 71.3 Å². The number of aliphatic imine (C=N–C) groups is 4. The van der Waals surface area contributed by atoms with E-state index in [1.807, 2.05) is 24.3 Å². The molecule has 0 radical (unpaired) electrons.